The van der Waals surface area contributed by atoms with Crippen LogP contribution in [0.4, 0.5) is 0 Å². The zero-order chi connectivity index (χ0) is 17.6. The van der Waals surface area contributed by atoms with E-state index in [4.69, 9.17) is 5.26 Å². The molecule has 130 valence electrons. The molecule has 6 nitrogen and oxygen atoms in total. The van der Waals surface area contributed by atoms with E-state index in [1.54, 1.807) is 12.3 Å². The number of likely N-dealkylation sites (tertiary alicyclic amines) is 1. The van der Waals surface area contributed by atoms with Crippen molar-refractivity contribution in [2.75, 3.05) is 13.1 Å². The van der Waals surface area contributed by atoms with Gasteiger partial charge in [0.05, 0.1) is 11.7 Å². The minimum Gasteiger partial charge on any atom is -0.393 e. The van der Waals surface area contributed by atoms with Gasteiger partial charge in [-0.15, -0.1) is 0 Å². The first-order chi connectivity index (χ1) is 12.2. The summed E-state index contributed by atoms with van der Waals surface area (Å²) in [6.45, 7) is 3.05. The van der Waals surface area contributed by atoms with E-state index in [1.165, 1.54) is 5.56 Å². The van der Waals surface area contributed by atoms with Crippen LogP contribution in [0.1, 0.15) is 40.0 Å². The van der Waals surface area contributed by atoms with Crippen LogP contribution < -0.4 is 5.32 Å². The zero-order valence-corrected chi connectivity index (χ0v) is 14.0. The van der Waals surface area contributed by atoms with Gasteiger partial charge in [-0.1, -0.05) is 24.3 Å². The van der Waals surface area contributed by atoms with Gasteiger partial charge in [-0.05, 0) is 30.0 Å². The first-order valence-electron chi connectivity index (χ1n) is 8.49. The number of piperidine rings is 1. The molecule has 1 saturated heterocycles. The number of benzene rings is 1. The average Bonchev–Trinajstić information content (AvgIpc) is 3.12. The lowest BCUT2D eigenvalue weighted by Gasteiger charge is -2.30. The maximum atomic E-state index is 12.2. The van der Waals surface area contributed by atoms with Crippen molar-refractivity contribution in [1.29, 1.82) is 5.26 Å². The van der Waals surface area contributed by atoms with Crippen LogP contribution in [0.3, 0.4) is 0 Å². The van der Waals surface area contributed by atoms with Crippen molar-refractivity contribution in [3.05, 3.63) is 58.9 Å². The maximum Gasteiger partial charge on any atom is 0.253 e. The molecule has 1 amide bonds. The number of hydrogen-bond acceptors (Lipinski definition) is 4. The predicted octanol–water partition coefficient (Wildman–Crippen LogP) is 1.77. The Hall–Kier alpha value is -2.62. The molecule has 0 atom stereocenters. The molecule has 0 unspecified atom stereocenters. The lowest BCUT2D eigenvalue weighted by Crippen LogP contribution is -2.35. The van der Waals surface area contributed by atoms with Crippen molar-refractivity contribution in [2.45, 2.75) is 32.0 Å². The van der Waals surface area contributed by atoms with Gasteiger partial charge in [-0.25, -0.2) is 0 Å². The summed E-state index contributed by atoms with van der Waals surface area (Å²) in [5, 5.41) is 21.4. The summed E-state index contributed by atoms with van der Waals surface area (Å²) in [4.78, 5) is 17.3. The molecule has 1 aliphatic rings. The van der Waals surface area contributed by atoms with Gasteiger partial charge in [-0.2, -0.15) is 5.26 Å². The molecule has 1 aromatic heterocycles. The van der Waals surface area contributed by atoms with E-state index in [9.17, 15) is 9.90 Å². The second-order valence-corrected chi connectivity index (χ2v) is 6.37. The van der Waals surface area contributed by atoms with Crippen molar-refractivity contribution in [3.63, 3.8) is 0 Å². The Morgan fingerprint density at radius 1 is 1.32 bits per heavy atom. The topological polar surface area (TPSA) is 92.2 Å². The Bertz CT molecular complexity index is 770. The van der Waals surface area contributed by atoms with E-state index in [0.29, 0.717) is 17.8 Å². The van der Waals surface area contributed by atoms with Crippen LogP contribution in [0.5, 0.6) is 0 Å². The number of carbonyl (C=O) groups excluding carboxylic acids is 1. The number of nitriles is 1. The number of aromatic nitrogens is 1. The van der Waals surface area contributed by atoms with Gasteiger partial charge in [0, 0.05) is 32.4 Å². The third-order valence-corrected chi connectivity index (χ3v) is 4.57. The van der Waals surface area contributed by atoms with Gasteiger partial charge in [0.2, 0.25) is 0 Å². The van der Waals surface area contributed by atoms with Gasteiger partial charge in [0.15, 0.2) is 0 Å². The highest BCUT2D eigenvalue weighted by Gasteiger charge is 2.18. The summed E-state index contributed by atoms with van der Waals surface area (Å²) in [6.07, 6.45) is 2.99. The number of carbonyl (C=O) groups is 1. The van der Waals surface area contributed by atoms with E-state index >= 15 is 0 Å². The number of aromatic amines is 1. The fourth-order valence-electron chi connectivity index (χ4n) is 3.07. The maximum absolute atomic E-state index is 12.2. The highest BCUT2D eigenvalue weighted by atomic mass is 16.3. The summed E-state index contributed by atoms with van der Waals surface area (Å²) in [6, 6.07) is 11.6. The Labute approximate surface area is 147 Å². The first-order valence-corrected chi connectivity index (χ1v) is 8.49. The second-order valence-electron chi connectivity index (χ2n) is 6.37. The van der Waals surface area contributed by atoms with Crippen LogP contribution in [0.15, 0.2) is 36.5 Å². The SMILES string of the molecule is N#Cc1cc(C(=O)NCc2ccccc2CN2CCC(O)CC2)c[nH]1. The highest BCUT2D eigenvalue weighted by Crippen LogP contribution is 2.16. The first kappa shape index (κ1) is 17.2. The summed E-state index contributed by atoms with van der Waals surface area (Å²) >= 11 is 0. The Balaban J connectivity index is 1.61. The predicted molar refractivity (Wildman–Crippen MR) is 93.6 cm³/mol. The number of amides is 1. The normalized spacial score (nSPS) is 15.7. The molecule has 2 aromatic rings. The van der Waals surface area contributed by atoms with E-state index in [1.807, 2.05) is 24.3 Å². The summed E-state index contributed by atoms with van der Waals surface area (Å²) in [5.41, 5.74) is 3.10. The summed E-state index contributed by atoms with van der Waals surface area (Å²) in [5.74, 6) is -0.200. The van der Waals surface area contributed by atoms with Crippen molar-refractivity contribution < 1.29 is 9.90 Å². The third-order valence-electron chi connectivity index (χ3n) is 4.57. The number of rotatable bonds is 5. The fraction of sp³-hybridized carbons (Fsp3) is 0.368. The molecule has 0 saturated carbocycles. The molecule has 3 rings (SSSR count). The number of aliphatic hydroxyl groups excluding tert-OH is 1. The average molecular weight is 338 g/mol. The minimum atomic E-state index is -0.200. The van der Waals surface area contributed by atoms with Gasteiger partial charge in [0.25, 0.3) is 5.91 Å². The third kappa shape index (κ3) is 4.47. The molecular weight excluding hydrogens is 316 g/mol. The van der Waals surface area contributed by atoms with E-state index in [0.717, 1.165) is 38.0 Å². The van der Waals surface area contributed by atoms with E-state index < -0.39 is 0 Å². The minimum absolute atomic E-state index is 0.176. The lowest BCUT2D eigenvalue weighted by atomic mass is 10.0. The highest BCUT2D eigenvalue weighted by molar-refractivity contribution is 5.94. The van der Waals surface area contributed by atoms with Crippen LogP contribution in [0.25, 0.3) is 0 Å². The Morgan fingerprint density at radius 3 is 2.72 bits per heavy atom. The number of nitrogens with one attached hydrogen (secondary N) is 2. The van der Waals surface area contributed by atoms with Gasteiger partial charge >= 0.3 is 0 Å². The molecule has 1 fully saturated rings. The molecular formula is C19H22N4O2. The standard InChI is InChI=1S/C19H22N4O2/c20-10-17-9-16(12-21-17)19(25)22-11-14-3-1-2-4-15(14)13-23-7-5-18(24)6-8-23/h1-4,9,12,18,21,24H,5-8,11,13H2,(H,22,25). The van der Waals surface area contributed by atoms with Crippen LogP contribution in [-0.4, -0.2) is 40.1 Å². The molecule has 6 heteroatoms. The Morgan fingerprint density at radius 2 is 2.04 bits per heavy atom. The smallest absolute Gasteiger partial charge is 0.253 e. The largest absolute Gasteiger partial charge is 0.393 e. The van der Waals surface area contributed by atoms with Gasteiger partial charge in [0.1, 0.15) is 11.8 Å². The van der Waals surface area contributed by atoms with Crippen LogP contribution in [-0.2, 0) is 13.1 Å². The monoisotopic (exact) mass is 338 g/mol. The molecule has 1 aliphatic heterocycles. The number of aliphatic hydroxyl groups is 1. The molecule has 0 bridgehead atoms. The number of hydrogen-bond donors (Lipinski definition) is 3. The van der Waals surface area contributed by atoms with Crippen molar-refractivity contribution in [1.82, 2.24) is 15.2 Å². The van der Waals surface area contributed by atoms with Gasteiger partial charge < -0.3 is 15.4 Å². The van der Waals surface area contributed by atoms with Crippen LogP contribution in [0, 0.1) is 11.3 Å². The molecule has 25 heavy (non-hydrogen) atoms. The zero-order valence-electron chi connectivity index (χ0n) is 14.0. The number of H-pyrrole nitrogens is 1. The fourth-order valence-corrected chi connectivity index (χ4v) is 3.07. The molecule has 0 spiro atoms. The molecule has 2 heterocycles. The van der Waals surface area contributed by atoms with E-state index in [-0.39, 0.29) is 12.0 Å². The molecule has 1 aromatic carbocycles. The van der Waals surface area contributed by atoms with Crippen molar-refractivity contribution in [2.24, 2.45) is 0 Å². The molecule has 3 N–H and O–H groups in total. The quantitative estimate of drug-likeness (QED) is 0.775. The molecule has 0 radical (unpaired) electrons. The Kier molecular flexibility index (Phi) is 5.49. The summed E-state index contributed by atoms with van der Waals surface area (Å²) in [7, 11) is 0. The van der Waals surface area contributed by atoms with Crippen LogP contribution in [0.2, 0.25) is 0 Å². The lowest BCUT2D eigenvalue weighted by molar-refractivity contribution is 0.0790. The second kappa shape index (κ2) is 7.97. The van der Waals surface area contributed by atoms with Crippen molar-refractivity contribution in [3.8, 4) is 6.07 Å². The van der Waals surface area contributed by atoms with Crippen LogP contribution >= 0.6 is 0 Å². The molecule has 0 aliphatic carbocycles. The number of nitrogens with zero attached hydrogens (tertiary/aromatic N) is 2. The summed E-state index contributed by atoms with van der Waals surface area (Å²) < 4.78 is 0. The van der Waals surface area contributed by atoms with Crippen molar-refractivity contribution >= 4 is 5.91 Å². The van der Waals surface area contributed by atoms with E-state index in [2.05, 4.69) is 21.3 Å². The van der Waals surface area contributed by atoms with Gasteiger partial charge in [-0.3, -0.25) is 9.69 Å².